The molecule has 0 aromatic rings. The van der Waals surface area contributed by atoms with E-state index in [1.165, 1.54) is 52.1 Å². The molecule has 0 amide bonds. The fourth-order valence-electron chi connectivity index (χ4n) is 1.78. The molecule has 0 spiro atoms. The molecular weight excluding hydrogens is 174 g/mol. The normalized spacial score (nSPS) is 25.9. The predicted octanol–water partition coefficient (Wildman–Crippen LogP) is 0.576. The van der Waals surface area contributed by atoms with E-state index in [4.69, 9.17) is 0 Å². The summed E-state index contributed by atoms with van der Waals surface area (Å²) in [5, 5.41) is 0. The molecule has 0 saturated carbocycles. The van der Waals surface area contributed by atoms with E-state index >= 15 is 0 Å². The zero-order valence-electron chi connectivity index (χ0n) is 10.00. The van der Waals surface area contributed by atoms with Crippen LogP contribution in [-0.4, -0.2) is 75.1 Å². The third-order valence-electron chi connectivity index (χ3n) is 3.06. The Hall–Kier alpha value is -0.120. The topological polar surface area (TPSA) is 9.72 Å². The van der Waals surface area contributed by atoms with Crippen molar-refractivity contribution in [3.05, 3.63) is 0 Å². The minimum atomic E-state index is 1.20. The van der Waals surface area contributed by atoms with E-state index < -0.39 is 0 Å². The maximum atomic E-state index is 2.45. The maximum Gasteiger partial charge on any atom is 0.0107 e. The van der Waals surface area contributed by atoms with Crippen molar-refractivity contribution >= 4 is 0 Å². The van der Waals surface area contributed by atoms with Crippen LogP contribution in [0.3, 0.4) is 0 Å². The molecule has 0 aliphatic carbocycles. The van der Waals surface area contributed by atoms with Crippen molar-refractivity contribution in [2.24, 2.45) is 0 Å². The third-order valence-corrected chi connectivity index (χ3v) is 3.06. The highest BCUT2D eigenvalue weighted by Gasteiger charge is 2.06. The molecule has 1 fully saturated rings. The Balaban J connectivity index is 2.33. The zero-order chi connectivity index (χ0) is 10.4. The Morgan fingerprint density at radius 3 is 1.14 bits per heavy atom. The Kier molecular flexibility index (Phi) is 5.45. The van der Waals surface area contributed by atoms with Crippen molar-refractivity contribution in [1.82, 2.24) is 14.7 Å². The van der Waals surface area contributed by atoms with Gasteiger partial charge in [0.2, 0.25) is 0 Å². The summed E-state index contributed by atoms with van der Waals surface area (Å²) >= 11 is 0. The summed E-state index contributed by atoms with van der Waals surface area (Å²) in [6.45, 7) is 7.32. The van der Waals surface area contributed by atoms with Crippen LogP contribution in [-0.2, 0) is 0 Å². The van der Waals surface area contributed by atoms with Gasteiger partial charge in [0.1, 0.15) is 0 Å². The molecule has 0 bridgehead atoms. The van der Waals surface area contributed by atoms with Crippen molar-refractivity contribution in [2.45, 2.75) is 12.8 Å². The number of likely N-dealkylation sites (N-methyl/N-ethyl adjacent to an activating group) is 3. The molecule has 1 saturated heterocycles. The fourth-order valence-corrected chi connectivity index (χ4v) is 1.78. The van der Waals surface area contributed by atoms with Crippen LogP contribution in [0.2, 0.25) is 0 Å². The first-order chi connectivity index (χ1) is 6.68. The lowest BCUT2D eigenvalue weighted by molar-refractivity contribution is 0.241. The van der Waals surface area contributed by atoms with E-state index in [1.807, 2.05) is 0 Å². The van der Waals surface area contributed by atoms with Crippen LogP contribution >= 0.6 is 0 Å². The molecule has 0 radical (unpaired) electrons. The van der Waals surface area contributed by atoms with Crippen molar-refractivity contribution in [3.63, 3.8) is 0 Å². The minimum Gasteiger partial charge on any atom is -0.305 e. The van der Waals surface area contributed by atoms with Gasteiger partial charge >= 0.3 is 0 Å². The molecule has 0 unspecified atom stereocenters. The lowest BCUT2D eigenvalue weighted by Gasteiger charge is -2.22. The van der Waals surface area contributed by atoms with E-state index in [1.54, 1.807) is 0 Å². The van der Waals surface area contributed by atoms with Gasteiger partial charge in [0.15, 0.2) is 0 Å². The van der Waals surface area contributed by atoms with Gasteiger partial charge in [0.05, 0.1) is 0 Å². The second-order valence-corrected chi connectivity index (χ2v) is 4.62. The summed E-state index contributed by atoms with van der Waals surface area (Å²) in [6.07, 6.45) is 2.68. The van der Waals surface area contributed by atoms with Gasteiger partial charge in [-0.25, -0.2) is 0 Å². The van der Waals surface area contributed by atoms with Gasteiger partial charge in [-0.3, -0.25) is 0 Å². The molecule has 3 heteroatoms. The van der Waals surface area contributed by atoms with Crippen LogP contribution in [0.25, 0.3) is 0 Å². The Morgan fingerprint density at radius 1 is 0.500 bits per heavy atom. The quantitative estimate of drug-likeness (QED) is 0.565. The van der Waals surface area contributed by atoms with Crippen molar-refractivity contribution in [2.75, 3.05) is 60.4 Å². The molecule has 1 aliphatic rings. The maximum absolute atomic E-state index is 2.45. The minimum absolute atomic E-state index is 1.20. The van der Waals surface area contributed by atoms with E-state index in [-0.39, 0.29) is 0 Å². The van der Waals surface area contributed by atoms with E-state index in [0.29, 0.717) is 0 Å². The first-order valence-electron chi connectivity index (χ1n) is 5.74. The van der Waals surface area contributed by atoms with Crippen LogP contribution < -0.4 is 0 Å². The number of hydrogen-bond acceptors (Lipinski definition) is 3. The molecule has 0 aromatic carbocycles. The first-order valence-corrected chi connectivity index (χ1v) is 5.74. The Labute approximate surface area is 88.7 Å². The number of hydrogen-bond donors (Lipinski definition) is 0. The number of rotatable bonds is 0. The first kappa shape index (κ1) is 12.0. The SMILES string of the molecule is CN1CCCCN(C)CCN(C)CC1. The smallest absolute Gasteiger partial charge is 0.0107 e. The van der Waals surface area contributed by atoms with Gasteiger partial charge in [0.25, 0.3) is 0 Å². The van der Waals surface area contributed by atoms with E-state index in [9.17, 15) is 0 Å². The molecule has 84 valence electrons. The molecule has 14 heavy (non-hydrogen) atoms. The third kappa shape index (κ3) is 4.94. The Bertz CT molecular complexity index is 133. The van der Waals surface area contributed by atoms with Gasteiger partial charge in [-0.1, -0.05) is 0 Å². The molecule has 3 nitrogen and oxygen atoms in total. The summed E-state index contributed by atoms with van der Waals surface area (Å²) in [7, 11) is 6.68. The van der Waals surface area contributed by atoms with Crippen LogP contribution in [0.1, 0.15) is 12.8 Å². The molecule has 1 rings (SSSR count). The van der Waals surface area contributed by atoms with Gasteiger partial charge in [-0.2, -0.15) is 0 Å². The zero-order valence-corrected chi connectivity index (χ0v) is 10.00. The summed E-state index contributed by atoms with van der Waals surface area (Å²) in [4.78, 5) is 7.32. The molecule has 0 atom stereocenters. The summed E-state index contributed by atoms with van der Waals surface area (Å²) in [5.41, 5.74) is 0. The molecule has 1 aliphatic heterocycles. The number of nitrogens with zero attached hydrogens (tertiary/aromatic N) is 3. The van der Waals surface area contributed by atoms with E-state index in [2.05, 4.69) is 35.8 Å². The summed E-state index contributed by atoms with van der Waals surface area (Å²) < 4.78 is 0. The van der Waals surface area contributed by atoms with E-state index in [0.717, 1.165) is 0 Å². The monoisotopic (exact) mass is 199 g/mol. The lowest BCUT2D eigenvalue weighted by atomic mass is 10.3. The molecule has 0 N–H and O–H groups in total. The molecule has 0 aromatic heterocycles. The van der Waals surface area contributed by atoms with Crippen molar-refractivity contribution in [1.29, 1.82) is 0 Å². The van der Waals surface area contributed by atoms with Gasteiger partial charge in [-0.05, 0) is 47.1 Å². The standard InChI is InChI=1S/C11H25N3/c1-12-6-4-5-7-13(2)9-11-14(3)10-8-12/h4-11H2,1-3H3. The fraction of sp³-hybridized carbons (Fsp3) is 1.00. The molecular formula is C11H25N3. The van der Waals surface area contributed by atoms with Crippen LogP contribution in [0.4, 0.5) is 0 Å². The van der Waals surface area contributed by atoms with Crippen LogP contribution in [0.5, 0.6) is 0 Å². The molecule has 1 heterocycles. The van der Waals surface area contributed by atoms with Crippen LogP contribution in [0.15, 0.2) is 0 Å². The average Bonchev–Trinajstić information content (AvgIpc) is 2.19. The summed E-state index contributed by atoms with van der Waals surface area (Å²) in [6, 6.07) is 0. The largest absolute Gasteiger partial charge is 0.305 e. The van der Waals surface area contributed by atoms with Crippen molar-refractivity contribution < 1.29 is 0 Å². The summed E-state index contributed by atoms with van der Waals surface area (Å²) in [5.74, 6) is 0. The average molecular weight is 199 g/mol. The lowest BCUT2D eigenvalue weighted by Crippen LogP contribution is -2.34. The highest BCUT2D eigenvalue weighted by molar-refractivity contribution is 4.63. The highest BCUT2D eigenvalue weighted by atomic mass is 15.2. The predicted molar refractivity (Wildman–Crippen MR) is 61.7 cm³/mol. The Morgan fingerprint density at radius 2 is 0.786 bits per heavy atom. The van der Waals surface area contributed by atoms with Gasteiger partial charge in [0, 0.05) is 26.2 Å². The highest BCUT2D eigenvalue weighted by Crippen LogP contribution is 1.98. The second kappa shape index (κ2) is 6.38. The van der Waals surface area contributed by atoms with Gasteiger partial charge in [-0.15, -0.1) is 0 Å². The van der Waals surface area contributed by atoms with Crippen molar-refractivity contribution in [3.8, 4) is 0 Å². The second-order valence-electron chi connectivity index (χ2n) is 4.62. The van der Waals surface area contributed by atoms with Gasteiger partial charge < -0.3 is 14.7 Å². The van der Waals surface area contributed by atoms with Crippen LogP contribution in [0, 0.1) is 0 Å².